The summed E-state index contributed by atoms with van der Waals surface area (Å²) >= 11 is 12.1. The predicted octanol–water partition coefficient (Wildman–Crippen LogP) is 3.81. The van der Waals surface area contributed by atoms with E-state index < -0.39 is 12.0 Å². The van der Waals surface area contributed by atoms with Crippen LogP contribution in [0.15, 0.2) is 48.5 Å². The number of carboxylic acid groups (broad SMARTS) is 1. The summed E-state index contributed by atoms with van der Waals surface area (Å²) in [4.78, 5) is 16.1. The summed E-state index contributed by atoms with van der Waals surface area (Å²) in [6.07, 6.45) is 0.372. The van der Waals surface area contributed by atoms with Crippen LogP contribution in [0.25, 0.3) is 0 Å². The molecule has 6 heteroatoms. The van der Waals surface area contributed by atoms with Gasteiger partial charge in [0.25, 0.3) is 0 Å². The summed E-state index contributed by atoms with van der Waals surface area (Å²) < 4.78 is 0. The van der Waals surface area contributed by atoms with Crippen molar-refractivity contribution in [1.82, 2.24) is 4.90 Å². The Balaban J connectivity index is 1.67. The van der Waals surface area contributed by atoms with Crippen molar-refractivity contribution in [2.45, 2.75) is 12.5 Å². The topological polar surface area (TPSA) is 43.8 Å². The number of carboxylic acids is 1. The Kier molecular flexibility index (Phi) is 5.84. The molecule has 25 heavy (non-hydrogen) atoms. The molecule has 1 atom stereocenters. The van der Waals surface area contributed by atoms with Crippen LogP contribution >= 0.6 is 23.2 Å². The van der Waals surface area contributed by atoms with Gasteiger partial charge in [-0.15, -0.1) is 0 Å². The molecule has 1 N–H and O–H groups in total. The highest BCUT2D eigenvalue weighted by Gasteiger charge is 2.29. The van der Waals surface area contributed by atoms with Gasteiger partial charge in [-0.25, -0.2) is 0 Å². The molecule has 0 radical (unpaired) electrons. The van der Waals surface area contributed by atoms with Crippen molar-refractivity contribution in [2.75, 3.05) is 31.1 Å². The van der Waals surface area contributed by atoms with Crippen LogP contribution in [0.5, 0.6) is 0 Å². The zero-order valence-electron chi connectivity index (χ0n) is 13.7. The van der Waals surface area contributed by atoms with Gasteiger partial charge in [-0.3, -0.25) is 9.69 Å². The second-order valence-corrected chi connectivity index (χ2v) is 7.00. The maximum Gasteiger partial charge on any atom is 0.321 e. The molecule has 132 valence electrons. The Morgan fingerprint density at radius 3 is 2.32 bits per heavy atom. The zero-order valence-corrected chi connectivity index (χ0v) is 15.2. The maximum absolute atomic E-state index is 11.8. The van der Waals surface area contributed by atoms with Gasteiger partial charge in [0.15, 0.2) is 0 Å². The number of piperazine rings is 1. The van der Waals surface area contributed by atoms with Crippen LogP contribution < -0.4 is 4.90 Å². The van der Waals surface area contributed by atoms with E-state index in [0.29, 0.717) is 29.6 Å². The smallest absolute Gasteiger partial charge is 0.321 e. The molecule has 1 aliphatic rings. The number of hydrogen-bond acceptors (Lipinski definition) is 3. The lowest BCUT2D eigenvalue weighted by Gasteiger charge is -2.39. The van der Waals surface area contributed by atoms with Crippen molar-refractivity contribution in [1.29, 1.82) is 0 Å². The van der Waals surface area contributed by atoms with Crippen molar-refractivity contribution in [2.24, 2.45) is 0 Å². The third-order valence-electron chi connectivity index (χ3n) is 4.59. The van der Waals surface area contributed by atoms with Gasteiger partial charge in [0.2, 0.25) is 0 Å². The first-order valence-corrected chi connectivity index (χ1v) is 9.01. The molecule has 0 unspecified atom stereocenters. The van der Waals surface area contributed by atoms with Gasteiger partial charge < -0.3 is 10.0 Å². The van der Waals surface area contributed by atoms with Gasteiger partial charge >= 0.3 is 5.97 Å². The third-order valence-corrected chi connectivity index (χ3v) is 5.18. The number of benzene rings is 2. The van der Waals surface area contributed by atoms with Gasteiger partial charge in [-0.2, -0.15) is 0 Å². The normalized spacial score (nSPS) is 16.6. The van der Waals surface area contributed by atoms with E-state index in [4.69, 9.17) is 23.2 Å². The molecule has 0 bridgehead atoms. The van der Waals surface area contributed by atoms with E-state index >= 15 is 0 Å². The van der Waals surface area contributed by atoms with Crippen LogP contribution in [0.4, 0.5) is 5.69 Å². The lowest BCUT2D eigenvalue weighted by molar-refractivity contribution is -0.143. The Hall–Kier alpha value is -1.75. The number of rotatable bonds is 5. The quantitative estimate of drug-likeness (QED) is 0.858. The second-order valence-electron chi connectivity index (χ2n) is 6.15. The minimum Gasteiger partial charge on any atom is -0.480 e. The predicted molar refractivity (Wildman–Crippen MR) is 102 cm³/mol. The summed E-state index contributed by atoms with van der Waals surface area (Å²) in [5.41, 5.74) is 1.98. The molecule has 0 amide bonds. The van der Waals surface area contributed by atoms with Crippen LogP contribution in [0.1, 0.15) is 5.56 Å². The monoisotopic (exact) mass is 378 g/mol. The van der Waals surface area contributed by atoms with E-state index in [-0.39, 0.29) is 0 Å². The molecular weight excluding hydrogens is 359 g/mol. The van der Waals surface area contributed by atoms with E-state index in [0.717, 1.165) is 18.7 Å². The molecular formula is C19H20Cl2N2O2. The number of hydrogen-bond donors (Lipinski definition) is 1. The first-order chi connectivity index (χ1) is 12.0. The highest BCUT2D eigenvalue weighted by molar-refractivity contribution is 6.35. The Morgan fingerprint density at radius 1 is 1.04 bits per heavy atom. The molecule has 4 nitrogen and oxygen atoms in total. The van der Waals surface area contributed by atoms with E-state index in [1.807, 2.05) is 23.1 Å². The lowest BCUT2D eigenvalue weighted by Crippen LogP contribution is -2.53. The maximum atomic E-state index is 11.8. The molecule has 0 saturated carbocycles. The number of carbonyl (C=O) groups is 1. The van der Waals surface area contributed by atoms with Crippen molar-refractivity contribution in [3.8, 4) is 0 Å². The molecule has 0 spiro atoms. The number of halogens is 2. The van der Waals surface area contributed by atoms with Gasteiger partial charge in [-0.05, 0) is 29.8 Å². The summed E-state index contributed by atoms with van der Waals surface area (Å²) in [7, 11) is 0. The van der Waals surface area contributed by atoms with E-state index in [2.05, 4.69) is 17.0 Å². The molecule has 0 aliphatic carbocycles. The second kappa shape index (κ2) is 8.09. The van der Waals surface area contributed by atoms with Gasteiger partial charge in [0, 0.05) is 48.3 Å². The lowest BCUT2D eigenvalue weighted by atomic mass is 10.0. The fraction of sp³-hybridized carbons (Fsp3) is 0.316. The third kappa shape index (κ3) is 4.46. The molecule has 1 fully saturated rings. The number of aliphatic carboxylic acids is 1. The zero-order chi connectivity index (χ0) is 17.8. The molecule has 2 aromatic carbocycles. The first-order valence-electron chi connectivity index (χ1n) is 8.25. The average Bonchev–Trinajstić information content (AvgIpc) is 2.62. The van der Waals surface area contributed by atoms with E-state index in [1.165, 1.54) is 5.69 Å². The van der Waals surface area contributed by atoms with Crippen LogP contribution in [0, 0.1) is 0 Å². The molecule has 1 heterocycles. The van der Waals surface area contributed by atoms with Gasteiger partial charge in [-0.1, -0.05) is 47.5 Å². The highest BCUT2D eigenvalue weighted by Crippen LogP contribution is 2.24. The molecule has 2 aromatic rings. The van der Waals surface area contributed by atoms with Crippen molar-refractivity contribution < 1.29 is 9.90 Å². The minimum atomic E-state index is -0.820. The molecule has 3 rings (SSSR count). The Labute approximate surface area is 157 Å². The van der Waals surface area contributed by atoms with Crippen LogP contribution in [-0.2, 0) is 11.2 Å². The highest BCUT2D eigenvalue weighted by atomic mass is 35.5. The Bertz CT molecular complexity index is 731. The SMILES string of the molecule is O=C(O)[C@H](Cc1ccc(Cl)cc1Cl)N1CCN(c2ccccc2)CC1. The van der Waals surface area contributed by atoms with Crippen molar-refractivity contribution in [3.63, 3.8) is 0 Å². The average molecular weight is 379 g/mol. The summed E-state index contributed by atoms with van der Waals surface area (Å²) in [5.74, 6) is -0.820. The van der Waals surface area contributed by atoms with Crippen molar-refractivity contribution >= 4 is 34.9 Å². The van der Waals surface area contributed by atoms with Crippen LogP contribution in [0.3, 0.4) is 0 Å². The van der Waals surface area contributed by atoms with E-state index in [9.17, 15) is 9.90 Å². The molecule has 0 aromatic heterocycles. The summed E-state index contributed by atoms with van der Waals surface area (Å²) in [6.45, 7) is 3.03. The van der Waals surface area contributed by atoms with Crippen LogP contribution in [0.2, 0.25) is 10.0 Å². The molecule has 1 aliphatic heterocycles. The Morgan fingerprint density at radius 2 is 1.72 bits per heavy atom. The van der Waals surface area contributed by atoms with Gasteiger partial charge in [0.05, 0.1) is 0 Å². The van der Waals surface area contributed by atoms with E-state index in [1.54, 1.807) is 18.2 Å². The number of nitrogens with zero attached hydrogens (tertiary/aromatic N) is 2. The molecule has 1 saturated heterocycles. The minimum absolute atomic E-state index is 0.372. The van der Waals surface area contributed by atoms with Gasteiger partial charge in [0.1, 0.15) is 6.04 Å². The fourth-order valence-electron chi connectivity index (χ4n) is 3.20. The number of para-hydroxylation sites is 1. The standard InChI is InChI=1S/C19H20Cl2N2O2/c20-15-7-6-14(17(21)13-15)12-18(19(24)25)23-10-8-22(9-11-23)16-4-2-1-3-5-16/h1-7,13,18H,8-12H2,(H,24,25)/t18-/m0/s1. The van der Waals surface area contributed by atoms with Crippen molar-refractivity contribution in [3.05, 3.63) is 64.1 Å². The largest absolute Gasteiger partial charge is 0.480 e. The summed E-state index contributed by atoms with van der Waals surface area (Å²) in [6, 6.07) is 14.8. The number of anilines is 1. The first kappa shape index (κ1) is 18.1. The fourth-order valence-corrected chi connectivity index (χ4v) is 3.68. The summed E-state index contributed by atoms with van der Waals surface area (Å²) in [5, 5.41) is 10.8. The van der Waals surface area contributed by atoms with Crippen LogP contribution in [-0.4, -0.2) is 48.2 Å².